The molecule has 1 aliphatic heterocycles. The molecule has 2 atom stereocenters. The van der Waals surface area contributed by atoms with Gasteiger partial charge >= 0.3 is 6.09 Å². The standard InChI is InChI=1S/C30H36FN7O4/c1-16-12-37-15-20(11-22(31)26(37)32-16)34-27(39)21-9-10-23(25-24(21)33-19(4)28(35-25)41-8)36-13-17(2)38(18(3)14-36)29(40)42-30(5,6)7/h9-12,15,17-18H,13-14H2,1-8H3,(H,34,39). The molecule has 2 amide bonds. The number of rotatable bonds is 4. The molecule has 222 valence electrons. The predicted molar refractivity (Wildman–Crippen MR) is 158 cm³/mol. The van der Waals surface area contributed by atoms with Crippen molar-refractivity contribution in [1.82, 2.24) is 24.3 Å². The van der Waals surface area contributed by atoms with Crippen LogP contribution in [-0.2, 0) is 4.74 Å². The fraction of sp³-hybridized carbons (Fsp3) is 0.433. The van der Waals surface area contributed by atoms with Gasteiger partial charge in [0.15, 0.2) is 11.5 Å². The highest BCUT2D eigenvalue weighted by atomic mass is 19.1. The number of aromatic nitrogens is 4. The van der Waals surface area contributed by atoms with Crippen molar-refractivity contribution in [1.29, 1.82) is 0 Å². The normalized spacial score (nSPS) is 17.5. The van der Waals surface area contributed by atoms with Gasteiger partial charge in [0.05, 0.1) is 41.8 Å². The zero-order valence-corrected chi connectivity index (χ0v) is 25.1. The molecule has 5 rings (SSSR count). The van der Waals surface area contributed by atoms with E-state index < -0.39 is 17.3 Å². The van der Waals surface area contributed by atoms with Crippen LogP contribution in [0.5, 0.6) is 5.88 Å². The fourth-order valence-corrected chi connectivity index (χ4v) is 5.46. The van der Waals surface area contributed by atoms with Crippen molar-refractivity contribution in [3.8, 4) is 5.88 Å². The largest absolute Gasteiger partial charge is 0.480 e. The number of aryl methyl sites for hydroxylation is 2. The van der Waals surface area contributed by atoms with E-state index in [1.54, 1.807) is 37.2 Å². The number of nitrogens with zero attached hydrogens (tertiary/aromatic N) is 6. The Balaban J connectivity index is 1.50. The summed E-state index contributed by atoms with van der Waals surface area (Å²) in [6.07, 6.45) is 2.94. The molecule has 1 fully saturated rings. The van der Waals surface area contributed by atoms with E-state index in [-0.39, 0.29) is 35.1 Å². The number of methoxy groups -OCH3 is 1. The molecule has 0 saturated carbocycles. The molecule has 0 bridgehead atoms. The van der Waals surface area contributed by atoms with Gasteiger partial charge in [-0.05, 0) is 60.6 Å². The van der Waals surface area contributed by atoms with Gasteiger partial charge in [-0.3, -0.25) is 9.69 Å². The lowest BCUT2D eigenvalue weighted by Crippen LogP contribution is -2.59. The number of anilines is 2. The first-order valence-electron chi connectivity index (χ1n) is 13.8. The third kappa shape index (κ3) is 5.53. The van der Waals surface area contributed by atoms with Crippen molar-refractivity contribution >= 4 is 40.1 Å². The number of carbonyl (C=O) groups is 2. The Kier molecular flexibility index (Phi) is 7.42. The molecule has 42 heavy (non-hydrogen) atoms. The second-order valence-corrected chi connectivity index (χ2v) is 11.8. The molecule has 1 aliphatic rings. The second-order valence-electron chi connectivity index (χ2n) is 11.8. The van der Waals surface area contributed by atoms with E-state index in [1.807, 2.05) is 40.7 Å². The van der Waals surface area contributed by atoms with Gasteiger partial charge in [0.25, 0.3) is 5.91 Å². The maximum absolute atomic E-state index is 14.7. The number of carbonyl (C=O) groups excluding carboxylic acids is 2. The lowest BCUT2D eigenvalue weighted by Gasteiger charge is -2.45. The van der Waals surface area contributed by atoms with E-state index in [4.69, 9.17) is 19.4 Å². The first kappa shape index (κ1) is 29.0. The van der Waals surface area contributed by atoms with Crippen LogP contribution in [0.1, 0.15) is 56.4 Å². The van der Waals surface area contributed by atoms with E-state index in [1.165, 1.54) is 17.6 Å². The Morgan fingerprint density at radius 2 is 1.71 bits per heavy atom. The predicted octanol–water partition coefficient (Wildman–Crippen LogP) is 5.13. The lowest BCUT2D eigenvalue weighted by molar-refractivity contribution is 0.00566. The molecule has 4 heterocycles. The third-order valence-electron chi connectivity index (χ3n) is 7.12. The number of fused-ring (bicyclic) bond motifs is 2. The maximum Gasteiger partial charge on any atom is 0.410 e. The van der Waals surface area contributed by atoms with Crippen LogP contribution < -0.4 is 15.0 Å². The molecule has 11 nitrogen and oxygen atoms in total. The number of nitrogens with one attached hydrogen (secondary N) is 1. The summed E-state index contributed by atoms with van der Waals surface area (Å²) >= 11 is 0. The summed E-state index contributed by atoms with van der Waals surface area (Å²) in [6, 6.07) is 4.45. The second kappa shape index (κ2) is 10.7. The quantitative estimate of drug-likeness (QED) is 0.355. The van der Waals surface area contributed by atoms with Gasteiger partial charge in [-0.2, -0.15) is 0 Å². The Morgan fingerprint density at radius 3 is 2.36 bits per heavy atom. The van der Waals surface area contributed by atoms with Crippen molar-refractivity contribution in [3.63, 3.8) is 0 Å². The Morgan fingerprint density at radius 1 is 1.02 bits per heavy atom. The molecule has 1 aromatic carbocycles. The highest BCUT2D eigenvalue weighted by molar-refractivity contribution is 6.13. The summed E-state index contributed by atoms with van der Waals surface area (Å²) in [5.74, 6) is -0.662. The number of piperazine rings is 1. The van der Waals surface area contributed by atoms with Crippen molar-refractivity contribution in [2.24, 2.45) is 0 Å². The van der Waals surface area contributed by atoms with Crippen LogP contribution in [0.15, 0.2) is 30.6 Å². The zero-order chi connectivity index (χ0) is 30.5. The van der Waals surface area contributed by atoms with Crippen LogP contribution in [0, 0.1) is 19.7 Å². The molecule has 4 aromatic rings. The summed E-state index contributed by atoms with van der Waals surface area (Å²) < 4.78 is 27.3. The third-order valence-corrected chi connectivity index (χ3v) is 7.12. The topological polar surface area (TPSA) is 114 Å². The van der Waals surface area contributed by atoms with E-state index >= 15 is 0 Å². The minimum Gasteiger partial charge on any atom is -0.480 e. The van der Waals surface area contributed by atoms with Crippen molar-refractivity contribution in [2.75, 3.05) is 30.4 Å². The van der Waals surface area contributed by atoms with Gasteiger partial charge in [0.1, 0.15) is 22.3 Å². The maximum atomic E-state index is 14.7. The Labute approximate surface area is 243 Å². The molecular weight excluding hydrogens is 541 g/mol. The average molecular weight is 578 g/mol. The van der Waals surface area contributed by atoms with E-state index in [0.717, 1.165) is 5.69 Å². The van der Waals surface area contributed by atoms with Crippen LogP contribution in [0.25, 0.3) is 16.7 Å². The minimum atomic E-state index is -0.598. The average Bonchev–Trinajstić information content (AvgIpc) is 3.26. The highest BCUT2D eigenvalue weighted by Crippen LogP contribution is 2.33. The van der Waals surface area contributed by atoms with E-state index in [2.05, 4.69) is 15.2 Å². The molecule has 12 heteroatoms. The van der Waals surface area contributed by atoms with Crippen molar-refractivity contribution in [3.05, 3.63) is 53.4 Å². The monoisotopic (exact) mass is 577 g/mol. The number of amides is 2. The molecule has 2 unspecified atom stereocenters. The first-order chi connectivity index (χ1) is 19.8. The van der Waals surface area contributed by atoms with Gasteiger partial charge in [-0.1, -0.05) is 0 Å². The molecule has 0 radical (unpaired) electrons. The molecule has 1 N–H and O–H groups in total. The van der Waals surface area contributed by atoms with Crippen LogP contribution >= 0.6 is 0 Å². The SMILES string of the molecule is COc1nc2c(N3CC(C)N(C(=O)OC(C)(C)C)C(C)C3)ccc(C(=O)Nc3cc(F)c4nc(C)cn4c3)c2nc1C. The summed E-state index contributed by atoms with van der Waals surface area (Å²) in [5.41, 5.74) is 2.96. The summed E-state index contributed by atoms with van der Waals surface area (Å²) in [7, 11) is 1.52. The number of pyridine rings is 1. The molecule has 1 saturated heterocycles. The zero-order valence-electron chi connectivity index (χ0n) is 25.1. The van der Waals surface area contributed by atoms with Crippen LogP contribution in [0.4, 0.5) is 20.6 Å². The number of ether oxygens (including phenoxy) is 2. The smallest absolute Gasteiger partial charge is 0.410 e. The van der Waals surface area contributed by atoms with Gasteiger partial charge in [-0.25, -0.2) is 24.1 Å². The van der Waals surface area contributed by atoms with Gasteiger partial charge in [0.2, 0.25) is 5.88 Å². The van der Waals surface area contributed by atoms with E-state index in [9.17, 15) is 14.0 Å². The number of hydrogen-bond donors (Lipinski definition) is 1. The molecular formula is C30H36FN7O4. The van der Waals surface area contributed by atoms with Crippen LogP contribution in [0.2, 0.25) is 0 Å². The molecule has 3 aromatic heterocycles. The molecule has 0 aliphatic carbocycles. The van der Waals surface area contributed by atoms with Gasteiger partial charge in [-0.15, -0.1) is 0 Å². The number of imidazole rings is 1. The van der Waals surface area contributed by atoms with Gasteiger partial charge < -0.3 is 24.1 Å². The van der Waals surface area contributed by atoms with Crippen LogP contribution in [0.3, 0.4) is 0 Å². The number of benzene rings is 1. The first-order valence-corrected chi connectivity index (χ1v) is 13.8. The van der Waals surface area contributed by atoms with Crippen molar-refractivity contribution < 1.29 is 23.5 Å². The van der Waals surface area contributed by atoms with E-state index in [0.29, 0.717) is 41.4 Å². The Hall–Kier alpha value is -4.48. The number of halogens is 1. The fourth-order valence-electron chi connectivity index (χ4n) is 5.46. The summed E-state index contributed by atoms with van der Waals surface area (Å²) in [4.78, 5) is 44.0. The number of hydrogen-bond acceptors (Lipinski definition) is 8. The highest BCUT2D eigenvalue weighted by Gasteiger charge is 2.36. The summed E-state index contributed by atoms with van der Waals surface area (Å²) in [6.45, 7) is 14.1. The van der Waals surface area contributed by atoms with Crippen molar-refractivity contribution in [2.45, 2.75) is 66.2 Å². The minimum absolute atomic E-state index is 0.154. The molecule has 0 spiro atoms. The summed E-state index contributed by atoms with van der Waals surface area (Å²) in [5, 5.41) is 2.79. The lowest BCUT2D eigenvalue weighted by atomic mass is 10.0. The van der Waals surface area contributed by atoms with Crippen LogP contribution in [-0.4, -0.2) is 74.1 Å². The Bertz CT molecular complexity index is 1690. The van der Waals surface area contributed by atoms with Gasteiger partial charge in [0, 0.05) is 31.5 Å².